The van der Waals surface area contributed by atoms with Crippen LogP contribution < -0.4 is 10.6 Å². The van der Waals surface area contributed by atoms with E-state index in [-0.39, 0.29) is 5.97 Å². The van der Waals surface area contributed by atoms with Gasteiger partial charge in [-0.2, -0.15) is 0 Å². The lowest BCUT2D eigenvalue weighted by Crippen LogP contribution is -2.18. The van der Waals surface area contributed by atoms with E-state index in [4.69, 9.17) is 9.26 Å². The molecule has 144 valence electrons. The molecule has 0 radical (unpaired) electrons. The van der Waals surface area contributed by atoms with E-state index in [9.17, 15) is 9.36 Å². The van der Waals surface area contributed by atoms with E-state index in [2.05, 4.69) is 0 Å². The third-order valence-corrected chi connectivity index (χ3v) is 6.75. The number of carbonyl (C=O) groups is 1. The van der Waals surface area contributed by atoms with Crippen molar-refractivity contribution in [2.45, 2.75) is 12.8 Å². The summed E-state index contributed by atoms with van der Waals surface area (Å²) >= 11 is 0. The summed E-state index contributed by atoms with van der Waals surface area (Å²) in [6.45, 7) is 0.627. The number of unbranched alkanes of at least 4 members (excludes halogenated alkanes) is 1. The van der Waals surface area contributed by atoms with E-state index in [1.54, 1.807) is 24.3 Å². The van der Waals surface area contributed by atoms with Crippen LogP contribution in [-0.2, 0) is 13.8 Å². The standard InChI is InChI=1S/C23H23O4P/c24-23(20-12-4-1-5-13-20)26-18-10-11-19-27-28(25,21-14-6-2-7-15-21)22-16-8-3-9-17-22/h1-9,12-17H,10-11,18-19H2. The summed E-state index contributed by atoms with van der Waals surface area (Å²) in [5, 5.41) is 1.36. The summed E-state index contributed by atoms with van der Waals surface area (Å²) in [5.74, 6) is -0.333. The van der Waals surface area contributed by atoms with Crippen molar-refractivity contribution in [3.63, 3.8) is 0 Å². The van der Waals surface area contributed by atoms with Crippen LogP contribution in [0.15, 0.2) is 91.0 Å². The predicted molar refractivity (Wildman–Crippen MR) is 112 cm³/mol. The van der Waals surface area contributed by atoms with Gasteiger partial charge in [0.1, 0.15) is 0 Å². The number of carbonyl (C=O) groups excluding carboxylic acids is 1. The minimum atomic E-state index is -3.15. The van der Waals surface area contributed by atoms with Crippen molar-refractivity contribution in [1.82, 2.24) is 0 Å². The van der Waals surface area contributed by atoms with Crippen LogP contribution in [0, 0.1) is 0 Å². The van der Waals surface area contributed by atoms with Crippen molar-refractivity contribution in [3.8, 4) is 0 Å². The topological polar surface area (TPSA) is 52.6 Å². The average molecular weight is 394 g/mol. The van der Waals surface area contributed by atoms with Gasteiger partial charge in [0.15, 0.2) is 0 Å². The maximum atomic E-state index is 13.6. The Bertz CT molecular complexity index is 868. The molecule has 28 heavy (non-hydrogen) atoms. The van der Waals surface area contributed by atoms with Crippen molar-refractivity contribution in [1.29, 1.82) is 0 Å². The molecule has 0 aliphatic carbocycles. The maximum absolute atomic E-state index is 13.6. The Morgan fingerprint density at radius 2 is 1.14 bits per heavy atom. The third kappa shape index (κ3) is 5.19. The first-order chi connectivity index (χ1) is 13.7. The van der Waals surface area contributed by atoms with Crippen molar-refractivity contribution in [2.24, 2.45) is 0 Å². The van der Waals surface area contributed by atoms with Crippen molar-refractivity contribution in [2.75, 3.05) is 13.2 Å². The second-order valence-corrected chi connectivity index (χ2v) is 8.66. The van der Waals surface area contributed by atoms with Crippen LogP contribution in [0.2, 0.25) is 0 Å². The zero-order valence-corrected chi connectivity index (χ0v) is 16.5. The quantitative estimate of drug-likeness (QED) is 0.303. The molecule has 0 unspecified atom stereocenters. The average Bonchev–Trinajstić information content (AvgIpc) is 2.77. The zero-order valence-electron chi connectivity index (χ0n) is 15.6. The molecule has 3 aromatic carbocycles. The van der Waals surface area contributed by atoms with Gasteiger partial charge in [-0.3, -0.25) is 4.57 Å². The number of ether oxygens (including phenoxy) is 1. The van der Waals surface area contributed by atoms with Crippen molar-refractivity contribution < 1.29 is 18.6 Å². The van der Waals surface area contributed by atoms with Gasteiger partial charge in [0.05, 0.1) is 18.8 Å². The van der Waals surface area contributed by atoms with E-state index < -0.39 is 7.37 Å². The number of esters is 1. The molecule has 0 saturated carbocycles. The Morgan fingerprint density at radius 1 is 0.679 bits per heavy atom. The van der Waals surface area contributed by atoms with Crippen LogP contribution in [0.1, 0.15) is 23.2 Å². The van der Waals surface area contributed by atoms with Crippen molar-refractivity contribution in [3.05, 3.63) is 96.6 Å². The molecular weight excluding hydrogens is 371 g/mol. The molecule has 0 amide bonds. The summed E-state index contributed by atoms with van der Waals surface area (Å²) in [5.41, 5.74) is 0.538. The Hall–Kier alpha value is -2.68. The van der Waals surface area contributed by atoms with Crippen LogP contribution in [0.3, 0.4) is 0 Å². The van der Waals surface area contributed by atoms with E-state index in [1.807, 2.05) is 66.7 Å². The fourth-order valence-electron chi connectivity index (χ4n) is 2.77. The van der Waals surface area contributed by atoms with Gasteiger partial charge in [0, 0.05) is 10.6 Å². The molecule has 0 aliphatic heterocycles. The smallest absolute Gasteiger partial charge is 0.338 e. The Morgan fingerprint density at radius 3 is 1.68 bits per heavy atom. The minimum Gasteiger partial charge on any atom is -0.462 e. The van der Waals surface area contributed by atoms with Crippen LogP contribution in [0.25, 0.3) is 0 Å². The molecule has 0 fully saturated rings. The van der Waals surface area contributed by atoms with E-state index in [1.165, 1.54) is 0 Å². The lowest BCUT2D eigenvalue weighted by Gasteiger charge is -2.19. The molecule has 4 nitrogen and oxygen atoms in total. The largest absolute Gasteiger partial charge is 0.462 e. The first kappa shape index (κ1) is 20.1. The molecule has 0 heterocycles. The minimum absolute atomic E-state index is 0.304. The highest BCUT2D eigenvalue weighted by atomic mass is 31.2. The highest BCUT2D eigenvalue weighted by Crippen LogP contribution is 2.44. The van der Waals surface area contributed by atoms with Gasteiger partial charge in [-0.15, -0.1) is 0 Å². The fraction of sp³-hybridized carbons (Fsp3) is 0.174. The monoisotopic (exact) mass is 394 g/mol. The van der Waals surface area contributed by atoms with Crippen LogP contribution in [0.5, 0.6) is 0 Å². The van der Waals surface area contributed by atoms with Crippen LogP contribution >= 0.6 is 7.37 Å². The number of benzene rings is 3. The molecule has 5 heteroatoms. The molecule has 0 bridgehead atoms. The Labute approximate surface area is 165 Å². The molecule has 0 spiro atoms. The van der Waals surface area contributed by atoms with Crippen molar-refractivity contribution >= 4 is 23.9 Å². The summed E-state index contributed by atoms with van der Waals surface area (Å²) < 4.78 is 24.8. The third-order valence-electron chi connectivity index (χ3n) is 4.25. The zero-order chi connectivity index (χ0) is 19.7. The molecule has 0 aliphatic rings. The van der Waals surface area contributed by atoms with Gasteiger partial charge in [-0.1, -0.05) is 54.6 Å². The summed E-state index contributed by atoms with van der Waals surface area (Å²) in [6.07, 6.45) is 1.29. The second-order valence-electron chi connectivity index (χ2n) is 6.26. The highest BCUT2D eigenvalue weighted by Gasteiger charge is 2.28. The Kier molecular flexibility index (Phi) is 7.18. The van der Waals surface area contributed by atoms with E-state index >= 15 is 0 Å². The molecule has 0 aromatic heterocycles. The van der Waals surface area contributed by atoms with Gasteiger partial charge in [0.25, 0.3) is 7.37 Å². The van der Waals surface area contributed by atoms with Gasteiger partial charge in [-0.05, 0) is 49.2 Å². The number of hydrogen-bond donors (Lipinski definition) is 0. The van der Waals surface area contributed by atoms with Crippen LogP contribution in [-0.4, -0.2) is 19.2 Å². The molecule has 0 N–H and O–H groups in total. The second kappa shape index (κ2) is 10.0. The normalized spacial score (nSPS) is 11.1. The Balaban J connectivity index is 1.52. The van der Waals surface area contributed by atoms with Gasteiger partial charge in [-0.25, -0.2) is 4.79 Å². The molecular formula is C23H23O4P. The van der Waals surface area contributed by atoms with E-state index in [0.717, 1.165) is 0 Å². The van der Waals surface area contributed by atoms with E-state index in [0.29, 0.717) is 42.2 Å². The summed E-state index contributed by atoms with van der Waals surface area (Å²) in [4.78, 5) is 11.9. The first-order valence-corrected chi connectivity index (χ1v) is 10.9. The van der Waals surface area contributed by atoms with Gasteiger partial charge < -0.3 is 9.26 Å². The lowest BCUT2D eigenvalue weighted by atomic mass is 10.2. The molecule has 3 aromatic rings. The molecule has 0 atom stereocenters. The SMILES string of the molecule is O=C(OCCCCOP(=O)(c1ccccc1)c1ccccc1)c1ccccc1. The van der Waals surface area contributed by atoms with Gasteiger partial charge in [0.2, 0.25) is 0 Å². The predicted octanol–water partition coefficient (Wildman–Crippen LogP) is 4.57. The summed E-state index contributed by atoms with van der Waals surface area (Å²) in [7, 11) is -3.15. The highest BCUT2D eigenvalue weighted by molar-refractivity contribution is 7.74. The maximum Gasteiger partial charge on any atom is 0.338 e. The molecule has 3 rings (SSSR count). The van der Waals surface area contributed by atoms with Gasteiger partial charge >= 0.3 is 5.97 Å². The number of hydrogen-bond acceptors (Lipinski definition) is 4. The first-order valence-electron chi connectivity index (χ1n) is 9.28. The lowest BCUT2D eigenvalue weighted by molar-refractivity contribution is 0.0494. The summed E-state index contributed by atoms with van der Waals surface area (Å²) in [6, 6.07) is 27.4. The molecule has 0 saturated heterocycles. The fourth-order valence-corrected chi connectivity index (χ4v) is 4.88. The van der Waals surface area contributed by atoms with Crippen LogP contribution in [0.4, 0.5) is 0 Å². The number of rotatable bonds is 9.